The van der Waals surface area contributed by atoms with Crippen molar-refractivity contribution in [2.45, 2.75) is 58.3 Å². The number of carbonyl (C=O) groups is 1. The lowest BCUT2D eigenvalue weighted by Gasteiger charge is -2.22. The lowest BCUT2D eigenvalue weighted by atomic mass is 10.1. The molecule has 0 aliphatic rings. The van der Waals surface area contributed by atoms with Gasteiger partial charge in [0.25, 0.3) is 0 Å². The molecule has 0 aromatic rings. The largest absolute Gasteiger partial charge is 0.415 e. The third-order valence-electron chi connectivity index (χ3n) is 2.60. The zero-order chi connectivity index (χ0) is 13.1. The first kappa shape index (κ1) is 16.4. The molecule has 0 spiro atoms. The van der Waals surface area contributed by atoms with Crippen LogP contribution < -0.4 is 0 Å². The molecule has 0 saturated heterocycles. The van der Waals surface area contributed by atoms with Crippen LogP contribution in [0.15, 0.2) is 0 Å². The van der Waals surface area contributed by atoms with Crippen molar-refractivity contribution >= 4 is 5.97 Å². The van der Waals surface area contributed by atoms with E-state index in [1.165, 1.54) is 32.1 Å². The molecule has 0 unspecified atom stereocenters. The number of rotatable bonds is 10. The molecule has 0 amide bonds. The van der Waals surface area contributed by atoms with Crippen molar-refractivity contribution in [3.05, 3.63) is 0 Å². The highest BCUT2D eigenvalue weighted by atomic mass is 16.5. The second-order valence-corrected chi connectivity index (χ2v) is 5.81. The predicted octanol–water partition coefficient (Wildman–Crippen LogP) is 3.33. The smallest absolute Gasteiger partial charge is 0.310 e. The van der Waals surface area contributed by atoms with E-state index in [-0.39, 0.29) is 5.97 Å². The van der Waals surface area contributed by atoms with Crippen molar-refractivity contribution in [3.63, 3.8) is 0 Å². The van der Waals surface area contributed by atoms with E-state index >= 15 is 0 Å². The number of nitrogens with zero attached hydrogens (tertiary/aromatic N) is 1. The van der Waals surface area contributed by atoms with Gasteiger partial charge in [0.2, 0.25) is 6.73 Å². The second kappa shape index (κ2) is 9.46. The summed E-state index contributed by atoms with van der Waals surface area (Å²) in [5.41, 5.74) is 0. The molecule has 0 bridgehead atoms. The van der Waals surface area contributed by atoms with E-state index in [9.17, 15) is 4.79 Å². The maximum absolute atomic E-state index is 11.4. The molecule has 0 atom stereocenters. The standard InChI is InChI=1S/C14H30NO2/c1-5-6-7-8-9-10-11-12-14(16)17-13-15(2,3)4/h5-13H2,1-4H3/q+1. The van der Waals surface area contributed by atoms with Crippen LogP contribution in [-0.2, 0) is 9.53 Å². The summed E-state index contributed by atoms with van der Waals surface area (Å²) in [5.74, 6) is -0.0494. The first-order chi connectivity index (χ1) is 7.95. The van der Waals surface area contributed by atoms with Gasteiger partial charge in [-0.15, -0.1) is 0 Å². The van der Waals surface area contributed by atoms with Gasteiger partial charge >= 0.3 is 5.97 Å². The van der Waals surface area contributed by atoms with Crippen LogP contribution in [0.3, 0.4) is 0 Å². The van der Waals surface area contributed by atoms with Crippen LogP contribution in [0, 0.1) is 0 Å². The molecule has 0 heterocycles. The Hall–Kier alpha value is -0.570. The molecule has 0 radical (unpaired) electrons. The summed E-state index contributed by atoms with van der Waals surface area (Å²) >= 11 is 0. The van der Waals surface area contributed by atoms with Gasteiger partial charge in [0.1, 0.15) is 0 Å². The minimum absolute atomic E-state index is 0.0494. The number of esters is 1. The fourth-order valence-corrected chi connectivity index (χ4v) is 1.56. The van der Waals surface area contributed by atoms with Crippen LogP contribution in [0.1, 0.15) is 58.3 Å². The lowest BCUT2D eigenvalue weighted by molar-refractivity contribution is -0.888. The first-order valence-corrected chi connectivity index (χ1v) is 6.92. The van der Waals surface area contributed by atoms with E-state index in [4.69, 9.17) is 4.74 Å². The van der Waals surface area contributed by atoms with Crippen LogP contribution in [0.25, 0.3) is 0 Å². The lowest BCUT2D eigenvalue weighted by Crippen LogP contribution is -2.37. The van der Waals surface area contributed by atoms with Gasteiger partial charge in [0, 0.05) is 6.42 Å². The number of hydrogen-bond acceptors (Lipinski definition) is 2. The predicted molar refractivity (Wildman–Crippen MR) is 71.6 cm³/mol. The number of quaternary nitrogens is 1. The third-order valence-corrected chi connectivity index (χ3v) is 2.60. The van der Waals surface area contributed by atoms with Crippen LogP contribution in [0.2, 0.25) is 0 Å². The first-order valence-electron chi connectivity index (χ1n) is 6.92. The molecule has 0 aliphatic carbocycles. The van der Waals surface area contributed by atoms with Gasteiger partial charge in [-0.3, -0.25) is 9.28 Å². The molecule has 3 nitrogen and oxygen atoms in total. The van der Waals surface area contributed by atoms with Gasteiger partial charge in [-0.05, 0) is 6.42 Å². The molecule has 0 aromatic carbocycles. The maximum atomic E-state index is 11.4. The van der Waals surface area contributed by atoms with E-state index in [2.05, 4.69) is 6.92 Å². The monoisotopic (exact) mass is 244 g/mol. The summed E-state index contributed by atoms with van der Waals surface area (Å²) in [5, 5.41) is 0. The minimum Gasteiger partial charge on any atom is -0.415 e. The highest BCUT2D eigenvalue weighted by molar-refractivity contribution is 5.69. The molecular formula is C14H30NO2+. The van der Waals surface area contributed by atoms with Crippen molar-refractivity contribution in [1.82, 2.24) is 0 Å². The van der Waals surface area contributed by atoms with Crippen molar-refractivity contribution in [1.29, 1.82) is 0 Å². The average molecular weight is 244 g/mol. The molecule has 0 aliphatic heterocycles. The Morgan fingerprint density at radius 1 is 0.941 bits per heavy atom. The molecule has 17 heavy (non-hydrogen) atoms. The number of hydrogen-bond donors (Lipinski definition) is 0. The van der Waals surface area contributed by atoms with E-state index in [1.807, 2.05) is 21.1 Å². The van der Waals surface area contributed by atoms with Gasteiger partial charge in [-0.2, -0.15) is 0 Å². The van der Waals surface area contributed by atoms with Gasteiger partial charge in [-0.1, -0.05) is 45.4 Å². The Labute approximate surface area is 107 Å². The highest BCUT2D eigenvalue weighted by Crippen LogP contribution is 2.08. The molecule has 102 valence electrons. The zero-order valence-electron chi connectivity index (χ0n) is 12.1. The van der Waals surface area contributed by atoms with E-state index in [0.29, 0.717) is 17.6 Å². The van der Waals surface area contributed by atoms with Gasteiger partial charge in [-0.25, -0.2) is 0 Å². The van der Waals surface area contributed by atoms with Crippen LogP contribution in [-0.4, -0.2) is 38.3 Å². The summed E-state index contributed by atoms with van der Waals surface area (Å²) in [4.78, 5) is 11.4. The summed E-state index contributed by atoms with van der Waals surface area (Å²) in [6.45, 7) is 2.69. The molecule has 0 aromatic heterocycles. The zero-order valence-corrected chi connectivity index (χ0v) is 12.1. The van der Waals surface area contributed by atoms with Crippen molar-refractivity contribution < 1.29 is 14.0 Å². The summed E-state index contributed by atoms with van der Waals surface area (Å²) < 4.78 is 5.85. The Morgan fingerprint density at radius 3 is 2.00 bits per heavy atom. The highest BCUT2D eigenvalue weighted by Gasteiger charge is 2.10. The van der Waals surface area contributed by atoms with Crippen LogP contribution >= 0.6 is 0 Å². The Kier molecular flexibility index (Phi) is 9.14. The number of ether oxygens (including phenoxy) is 1. The maximum Gasteiger partial charge on any atom is 0.310 e. The quantitative estimate of drug-likeness (QED) is 0.255. The SMILES string of the molecule is CCCCCCCCCC(=O)OC[N+](C)(C)C. The molecular weight excluding hydrogens is 214 g/mol. The Balaban J connectivity index is 3.28. The number of carbonyl (C=O) groups excluding carboxylic acids is 1. The van der Waals surface area contributed by atoms with E-state index < -0.39 is 0 Å². The Bertz CT molecular complexity index is 197. The van der Waals surface area contributed by atoms with E-state index in [0.717, 1.165) is 12.8 Å². The molecule has 0 rings (SSSR count). The third kappa shape index (κ3) is 13.4. The van der Waals surface area contributed by atoms with Gasteiger partial charge < -0.3 is 4.74 Å². The summed E-state index contributed by atoms with van der Waals surface area (Å²) in [6.07, 6.45) is 9.23. The number of unbranched alkanes of at least 4 members (excludes halogenated alkanes) is 6. The second-order valence-electron chi connectivity index (χ2n) is 5.81. The van der Waals surface area contributed by atoms with Gasteiger partial charge in [0.05, 0.1) is 21.1 Å². The fraction of sp³-hybridized carbons (Fsp3) is 0.929. The van der Waals surface area contributed by atoms with Gasteiger partial charge in [0.15, 0.2) is 0 Å². The molecule has 0 saturated carbocycles. The molecule has 0 N–H and O–H groups in total. The Morgan fingerprint density at radius 2 is 1.47 bits per heavy atom. The molecule has 0 fully saturated rings. The van der Waals surface area contributed by atoms with Crippen molar-refractivity contribution in [2.75, 3.05) is 27.9 Å². The van der Waals surface area contributed by atoms with E-state index in [1.54, 1.807) is 0 Å². The summed E-state index contributed by atoms with van der Waals surface area (Å²) in [6, 6.07) is 0. The van der Waals surface area contributed by atoms with Crippen LogP contribution in [0.5, 0.6) is 0 Å². The normalized spacial score (nSPS) is 11.5. The summed E-state index contributed by atoms with van der Waals surface area (Å²) in [7, 11) is 6.04. The van der Waals surface area contributed by atoms with Crippen molar-refractivity contribution in [2.24, 2.45) is 0 Å². The topological polar surface area (TPSA) is 26.3 Å². The minimum atomic E-state index is -0.0494. The van der Waals surface area contributed by atoms with Crippen LogP contribution in [0.4, 0.5) is 0 Å². The average Bonchev–Trinajstić information content (AvgIpc) is 2.24. The van der Waals surface area contributed by atoms with Crippen molar-refractivity contribution in [3.8, 4) is 0 Å². The fourth-order valence-electron chi connectivity index (χ4n) is 1.56. The molecule has 3 heteroatoms.